The number of anilines is 1. The van der Waals surface area contributed by atoms with Crippen molar-refractivity contribution in [1.82, 2.24) is 5.32 Å². The molecule has 1 rings (SSSR count). The average Bonchev–Trinajstić information content (AvgIpc) is 2.26. The molecule has 2 N–H and O–H groups in total. The van der Waals surface area contributed by atoms with Crippen LogP contribution in [-0.4, -0.2) is 17.9 Å². The molecule has 4 heteroatoms. The van der Waals surface area contributed by atoms with Gasteiger partial charge in [0.15, 0.2) is 5.11 Å². The van der Waals surface area contributed by atoms with Crippen LogP contribution in [0, 0.1) is 5.92 Å². The van der Waals surface area contributed by atoms with Crippen LogP contribution >= 0.6 is 24.0 Å². The molecule has 1 aromatic rings. The molecule has 0 aliphatic heterocycles. The summed E-state index contributed by atoms with van der Waals surface area (Å²) in [6.45, 7) is 5.21. The van der Waals surface area contributed by atoms with E-state index in [0.717, 1.165) is 12.2 Å². The van der Waals surface area contributed by atoms with E-state index in [9.17, 15) is 0 Å². The minimum absolute atomic E-state index is 0.595. The van der Waals surface area contributed by atoms with Crippen LogP contribution in [0.15, 0.2) is 29.2 Å². The summed E-state index contributed by atoms with van der Waals surface area (Å²) in [6.07, 6.45) is 2.06. The second-order valence-electron chi connectivity index (χ2n) is 3.96. The molecule has 0 aliphatic rings. The lowest BCUT2D eigenvalue weighted by Crippen LogP contribution is -2.31. The molecule has 0 bridgehead atoms. The van der Waals surface area contributed by atoms with E-state index in [0.29, 0.717) is 11.0 Å². The average molecular weight is 254 g/mol. The van der Waals surface area contributed by atoms with E-state index < -0.39 is 0 Å². The third-order valence-corrected chi connectivity index (χ3v) is 2.97. The van der Waals surface area contributed by atoms with Crippen molar-refractivity contribution >= 4 is 34.8 Å². The SMILES string of the molecule is CSc1cccc(NC(=S)NCC(C)C)c1. The van der Waals surface area contributed by atoms with Gasteiger partial charge in [-0.25, -0.2) is 0 Å². The predicted octanol–water partition coefficient (Wildman–Crippen LogP) is 3.35. The van der Waals surface area contributed by atoms with Gasteiger partial charge >= 0.3 is 0 Å². The standard InChI is InChI=1S/C12H18N2S2/c1-9(2)8-13-12(15)14-10-5-4-6-11(7-10)16-3/h4-7,9H,8H2,1-3H3,(H2,13,14,15). The zero-order valence-corrected chi connectivity index (χ0v) is 11.5. The number of thioether (sulfide) groups is 1. The van der Waals surface area contributed by atoms with Crippen LogP contribution in [0.1, 0.15) is 13.8 Å². The second kappa shape index (κ2) is 6.76. The topological polar surface area (TPSA) is 24.1 Å². The molecular formula is C12H18N2S2. The molecule has 0 unspecified atom stereocenters. The van der Waals surface area contributed by atoms with Crippen LogP contribution in [0.25, 0.3) is 0 Å². The van der Waals surface area contributed by atoms with Crippen LogP contribution in [0.2, 0.25) is 0 Å². The number of nitrogens with one attached hydrogen (secondary N) is 2. The normalized spacial score (nSPS) is 10.2. The summed E-state index contributed by atoms with van der Waals surface area (Å²) in [6, 6.07) is 8.22. The smallest absolute Gasteiger partial charge is 0.170 e. The number of rotatable bonds is 4. The first-order chi connectivity index (χ1) is 7.61. The molecule has 2 nitrogen and oxygen atoms in total. The van der Waals surface area contributed by atoms with Gasteiger partial charge in [0.25, 0.3) is 0 Å². The molecule has 0 atom stereocenters. The van der Waals surface area contributed by atoms with Gasteiger partial charge in [-0.3, -0.25) is 0 Å². The first kappa shape index (κ1) is 13.3. The maximum atomic E-state index is 5.20. The Balaban J connectivity index is 2.49. The van der Waals surface area contributed by atoms with E-state index in [4.69, 9.17) is 12.2 Å². The summed E-state index contributed by atoms with van der Waals surface area (Å²) in [5.74, 6) is 0.595. The Morgan fingerprint density at radius 2 is 2.19 bits per heavy atom. The zero-order chi connectivity index (χ0) is 12.0. The van der Waals surface area contributed by atoms with E-state index in [1.807, 2.05) is 12.1 Å². The molecular weight excluding hydrogens is 236 g/mol. The minimum Gasteiger partial charge on any atom is -0.362 e. The van der Waals surface area contributed by atoms with Crippen LogP contribution in [-0.2, 0) is 0 Å². The predicted molar refractivity (Wildman–Crippen MR) is 77.3 cm³/mol. The summed E-state index contributed by atoms with van der Waals surface area (Å²) >= 11 is 6.93. The lowest BCUT2D eigenvalue weighted by atomic mass is 10.2. The van der Waals surface area contributed by atoms with Gasteiger partial charge in [0.1, 0.15) is 0 Å². The van der Waals surface area contributed by atoms with Gasteiger partial charge < -0.3 is 10.6 Å². The van der Waals surface area contributed by atoms with Crippen molar-refractivity contribution < 1.29 is 0 Å². The molecule has 88 valence electrons. The largest absolute Gasteiger partial charge is 0.362 e. The van der Waals surface area contributed by atoms with Gasteiger partial charge in [0, 0.05) is 17.1 Å². The Bertz CT molecular complexity index is 351. The lowest BCUT2D eigenvalue weighted by Gasteiger charge is -2.12. The maximum Gasteiger partial charge on any atom is 0.170 e. The fourth-order valence-electron chi connectivity index (χ4n) is 1.17. The first-order valence-electron chi connectivity index (χ1n) is 5.30. The van der Waals surface area contributed by atoms with Crippen molar-refractivity contribution in [2.45, 2.75) is 18.7 Å². The van der Waals surface area contributed by atoms with Crippen molar-refractivity contribution in [2.75, 3.05) is 18.1 Å². The molecule has 0 aromatic heterocycles. The number of hydrogen-bond acceptors (Lipinski definition) is 2. The third kappa shape index (κ3) is 4.86. The summed E-state index contributed by atoms with van der Waals surface area (Å²) in [5, 5.41) is 7.05. The van der Waals surface area contributed by atoms with Gasteiger partial charge in [-0.2, -0.15) is 0 Å². The van der Waals surface area contributed by atoms with Crippen LogP contribution in [0.4, 0.5) is 5.69 Å². The van der Waals surface area contributed by atoms with E-state index in [-0.39, 0.29) is 0 Å². The Labute approximate surface area is 107 Å². The Kier molecular flexibility index (Phi) is 5.63. The van der Waals surface area contributed by atoms with E-state index in [1.165, 1.54) is 4.90 Å². The van der Waals surface area contributed by atoms with Crippen molar-refractivity contribution in [1.29, 1.82) is 0 Å². The Hall–Kier alpha value is -0.740. The molecule has 0 saturated carbocycles. The van der Waals surface area contributed by atoms with Gasteiger partial charge in [-0.15, -0.1) is 11.8 Å². The molecule has 1 aromatic carbocycles. The number of hydrogen-bond donors (Lipinski definition) is 2. The van der Waals surface area contributed by atoms with Crippen LogP contribution in [0.5, 0.6) is 0 Å². The Morgan fingerprint density at radius 1 is 1.44 bits per heavy atom. The van der Waals surface area contributed by atoms with E-state index in [1.54, 1.807) is 11.8 Å². The molecule has 0 fully saturated rings. The second-order valence-corrected chi connectivity index (χ2v) is 5.25. The van der Waals surface area contributed by atoms with Gasteiger partial charge in [-0.1, -0.05) is 19.9 Å². The van der Waals surface area contributed by atoms with Crippen molar-refractivity contribution in [3.05, 3.63) is 24.3 Å². The number of benzene rings is 1. The molecule has 0 radical (unpaired) electrons. The van der Waals surface area contributed by atoms with Gasteiger partial charge in [0.05, 0.1) is 0 Å². The van der Waals surface area contributed by atoms with Crippen LogP contribution in [0.3, 0.4) is 0 Å². The third-order valence-electron chi connectivity index (χ3n) is 2.00. The summed E-state index contributed by atoms with van der Waals surface area (Å²) in [7, 11) is 0. The van der Waals surface area contributed by atoms with Crippen molar-refractivity contribution in [2.24, 2.45) is 5.92 Å². The maximum absolute atomic E-state index is 5.20. The van der Waals surface area contributed by atoms with Crippen molar-refractivity contribution in [3.8, 4) is 0 Å². The highest BCUT2D eigenvalue weighted by Crippen LogP contribution is 2.18. The molecule has 16 heavy (non-hydrogen) atoms. The lowest BCUT2D eigenvalue weighted by molar-refractivity contribution is 0.627. The summed E-state index contributed by atoms with van der Waals surface area (Å²) in [5.41, 5.74) is 1.04. The highest BCUT2D eigenvalue weighted by atomic mass is 32.2. The number of thiocarbonyl (C=S) groups is 1. The summed E-state index contributed by atoms with van der Waals surface area (Å²) in [4.78, 5) is 1.23. The van der Waals surface area contributed by atoms with Gasteiger partial charge in [-0.05, 0) is 42.6 Å². The highest BCUT2D eigenvalue weighted by Gasteiger charge is 1.99. The quantitative estimate of drug-likeness (QED) is 0.635. The fraction of sp³-hybridized carbons (Fsp3) is 0.417. The van der Waals surface area contributed by atoms with E-state index >= 15 is 0 Å². The molecule has 0 heterocycles. The van der Waals surface area contributed by atoms with E-state index in [2.05, 4.69) is 42.9 Å². The molecule has 0 aliphatic carbocycles. The molecule has 0 saturated heterocycles. The molecule has 0 amide bonds. The van der Waals surface area contributed by atoms with Gasteiger partial charge in [0.2, 0.25) is 0 Å². The summed E-state index contributed by atoms with van der Waals surface area (Å²) < 4.78 is 0. The van der Waals surface area contributed by atoms with Crippen molar-refractivity contribution in [3.63, 3.8) is 0 Å². The van der Waals surface area contributed by atoms with Crippen LogP contribution < -0.4 is 10.6 Å². The highest BCUT2D eigenvalue weighted by molar-refractivity contribution is 7.98. The fourth-order valence-corrected chi connectivity index (χ4v) is 1.83. The minimum atomic E-state index is 0.595. The molecule has 0 spiro atoms. The monoisotopic (exact) mass is 254 g/mol. The first-order valence-corrected chi connectivity index (χ1v) is 6.94. The Morgan fingerprint density at radius 3 is 2.81 bits per heavy atom. The zero-order valence-electron chi connectivity index (χ0n) is 9.91.